The number of aromatic nitrogens is 5. The fourth-order valence-electron chi connectivity index (χ4n) is 3.58. The van der Waals surface area contributed by atoms with Crippen LogP contribution in [0, 0.1) is 0 Å². The van der Waals surface area contributed by atoms with Crippen molar-refractivity contribution in [3.05, 3.63) is 64.2 Å². The van der Waals surface area contributed by atoms with Crippen LogP contribution in [0.2, 0.25) is 5.02 Å². The Morgan fingerprint density at radius 1 is 1.33 bits per heavy atom. The second-order valence-corrected chi connectivity index (χ2v) is 8.53. The monoisotopic (exact) mass is 470 g/mol. The van der Waals surface area contributed by atoms with Gasteiger partial charge in [-0.05, 0) is 56.6 Å². The van der Waals surface area contributed by atoms with Gasteiger partial charge < -0.3 is 20.1 Å². The Kier molecular flexibility index (Phi) is 7.36. The van der Waals surface area contributed by atoms with Crippen molar-refractivity contribution in [1.29, 1.82) is 0 Å². The lowest BCUT2D eigenvalue weighted by Crippen LogP contribution is -2.33. The zero-order valence-electron chi connectivity index (χ0n) is 18.4. The molecule has 0 aliphatic heterocycles. The summed E-state index contributed by atoms with van der Waals surface area (Å²) in [6.45, 7) is 1.74. The molecule has 2 heterocycles. The van der Waals surface area contributed by atoms with Crippen molar-refractivity contribution in [2.24, 2.45) is 0 Å². The molecule has 0 atom stereocenters. The Labute approximate surface area is 196 Å². The highest BCUT2D eigenvalue weighted by Crippen LogP contribution is 2.25. The highest BCUT2D eigenvalue weighted by atomic mass is 35.5. The summed E-state index contributed by atoms with van der Waals surface area (Å²) in [4.78, 5) is 35.7. The first-order valence-electron chi connectivity index (χ1n) is 10.9. The largest absolute Gasteiger partial charge is 0.365 e. The van der Waals surface area contributed by atoms with Crippen LogP contribution in [0.4, 0.5) is 5.82 Å². The van der Waals surface area contributed by atoms with E-state index in [1.54, 1.807) is 23.1 Å². The van der Waals surface area contributed by atoms with Crippen molar-refractivity contribution in [3.63, 3.8) is 0 Å². The molecule has 0 bridgehead atoms. The molecule has 4 rings (SSSR count). The maximum atomic E-state index is 12.7. The third-order valence-corrected chi connectivity index (χ3v) is 5.80. The lowest BCUT2D eigenvalue weighted by atomic mass is 10.1. The van der Waals surface area contributed by atoms with E-state index in [1.165, 1.54) is 36.1 Å². The maximum Gasteiger partial charge on any atom is 0.293 e. The summed E-state index contributed by atoms with van der Waals surface area (Å²) in [6, 6.07) is 6.04. The smallest absolute Gasteiger partial charge is 0.293 e. The van der Waals surface area contributed by atoms with Gasteiger partial charge in [0.2, 0.25) is 5.91 Å². The number of carbonyl (C=O) groups is 1. The van der Waals surface area contributed by atoms with Gasteiger partial charge in [0.05, 0.1) is 5.69 Å². The fourth-order valence-corrected chi connectivity index (χ4v) is 3.78. The Bertz CT molecular complexity index is 1140. The Balaban J connectivity index is 1.32. The average Bonchev–Trinajstić information content (AvgIpc) is 3.52. The topological polar surface area (TPSA) is 110 Å². The molecule has 0 saturated heterocycles. The molecule has 11 heteroatoms. The van der Waals surface area contributed by atoms with E-state index in [-0.39, 0.29) is 30.4 Å². The van der Waals surface area contributed by atoms with Crippen molar-refractivity contribution in [2.45, 2.75) is 38.4 Å². The zero-order chi connectivity index (χ0) is 23.2. The number of anilines is 1. The Hall–Kier alpha value is -3.24. The van der Waals surface area contributed by atoms with E-state index in [0.29, 0.717) is 11.6 Å². The van der Waals surface area contributed by atoms with Crippen molar-refractivity contribution in [3.8, 4) is 5.69 Å². The second kappa shape index (κ2) is 10.6. The van der Waals surface area contributed by atoms with Crippen LogP contribution in [0.5, 0.6) is 0 Å². The molecule has 2 aromatic heterocycles. The fraction of sp³-hybridized carbons (Fsp3) is 0.409. The summed E-state index contributed by atoms with van der Waals surface area (Å²) in [5.41, 5.74) is 1.22. The van der Waals surface area contributed by atoms with Crippen LogP contribution in [-0.2, 0) is 17.9 Å². The highest BCUT2D eigenvalue weighted by molar-refractivity contribution is 6.30. The number of rotatable bonds is 11. The molecule has 10 nitrogen and oxygen atoms in total. The van der Waals surface area contributed by atoms with Crippen LogP contribution in [0.15, 0.2) is 48.0 Å². The molecule has 0 unspecified atom stereocenters. The molecule has 3 aromatic rings. The van der Waals surface area contributed by atoms with Crippen LogP contribution in [0.3, 0.4) is 0 Å². The van der Waals surface area contributed by atoms with Gasteiger partial charge in [-0.25, -0.2) is 14.6 Å². The van der Waals surface area contributed by atoms with E-state index in [0.717, 1.165) is 30.3 Å². The summed E-state index contributed by atoms with van der Waals surface area (Å²) in [5, 5.41) is 10.6. The normalized spacial score (nSPS) is 13.3. The van der Waals surface area contributed by atoms with E-state index < -0.39 is 0 Å². The Morgan fingerprint density at radius 2 is 2.18 bits per heavy atom. The van der Waals surface area contributed by atoms with E-state index in [9.17, 15) is 9.59 Å². The SMILES string of the molecule is CN(CCCNc1nccn(CC(=O)NCc2cc(Cl)ccc2-n2cncn2)c1=O)C1CC1. The number of nitrogens with one attached hydrogen (secondary N) is 2. The summed E-state index contributed by atoms with van der Waals surface area (Å²) < 4.78 is 2.95. The standard InChI is InChI=1S/C22H27ClN8O2/c1-29(18-4-5-18)9-2-7-25-21-22(33)30(10-8-26-21)13-20(32)27-12-16-11-17(23)3-6-19(16)31-15-24-14-28-31/h3,6,8,10-11,14-15,18H,2,4-5,7,9,12-13H2,1H3,(H,25,26)(H,27,32). The van der Waals surface area contributed by atoms with Gasteiger partial charge in [0, 0.05) is 36.5 Å². The van der Waals surface area contributed by atoms with Gasteiger partial charge >= 0.3 is 0 Å². The van der Waals surface area contributed by atoms with Crippen LogP contribution < -0.4 is 16.2 Å². The molecule has 1 aliphatic rings. The number of hydrogen-bond acceptors (Lipinski definition) is 7. The van der Waals surface area contributed by atoms with Crippen LogP contribution >= 0.6 is 11.6 Å². The quantitative estimate of drug-likeness (QED) is 0.410. The molecule has 0 spiro atoms. The molecule has 1 fully saturated rings. The first-order valence-corrected chi connectivity index (χ1v) is 11.3. The van der Waals surface area contributed by atoms with Crippen LogP contribution in [0.1, 0.15) is 24.8 Å². The molecule has 1 saturated carbocycles. The Morgan fingerprint density at radius 3 is 2.94 bits per heavy atom. The number of nitrogens with zero attached hydrogens (tertiary/aromatic N) is 6. The van der Waals surface area contributed by atoms with Crippen molar-refractivity contribution >= 4 is 23.3 Å². The summed E-state index contributed by atoms with van der Waals surface area (Å²) in [7, 11) is 2.13. The molecule has 1 amide bonds. The molecular weight excluding hydrogens is 444 g/mol. The third-order valence-electron chi connectivity index (χ3n) is 5.56. The van der Waals surface area contributed by atoms with E-state index >= 15 is 0 Å². The van der Waals surface area contributed by atoms with E-state index in [4.69, 9.17) is 11.6 Å². The molecule has 174 valence electrons. The number of halogens is 1. The van der Waals surface area contributed by atoms with E-state index in [2.05, 4.69) is 37.6 Å². The molecule has 33 heavy (non-hydrogen) atoms. The summed E-state index contributed by atoms with van der Waals surface area (Å²) in [6.07, 6.45) is 9.50. The maximum absolute atomic E-state index is 12.7. The first-order chi connectivity index (χ1) is 16.0. The number of benzene rings is 1. The first kappa shape index (κ1) is 22.9. The van der Waals surface area contributed by atoms with Gasteiger partial charge in [-0.15, -0.1) is 0 Å². The van der Waals surface area contributed by atoms with Crippen molar-refractivity contribution in [1.82, 2.24) is 34.5 Å². The highest BCUT2D eigenvalue weighted by Gasteiger charge is 2.25. The van der Waals surface area contributed by atoms with Gasteiger partial charge in [-0.1, -0.05) is 11.6 Å². The molecule has 2 N–H and O–H groups in total. The number of hydrogen-bond donors (Lipinski definition) is 2. The second-order valence-electron chi connectivity index (χ2n) is 8.09. The minimum atomic E-state index is -0.325. The predicted octanol–water partition coefficient (Wildman–Crippen LogP) is 1.69. The number of carbonyl (C=O) groups excluding carboxylic acids is 1. The predicted molar refractivity (Wildman–Crippen MR) is 125 cm³/mol. The molecule has 0 radical (unpaired) electrons. The van der Waals surface area contributed by atoms with E-state index in [1.807, 2.05) is 6.07 Å². The average molecular weight is 471 g/mol. The molecular formula is C22H27ClN8O2. The summed E-state index contributed by atoms with van der Waals surface area (Å²) in [5.74, 6) is -0.0486. The van der Waals surface area contributed by atoms with Crippen molar-refractivity contribution < 1.29 is 4.79 Å². The van der Waals surface area contributed by atoms with Crippen molar-refractivity contribution in [2.75, 3.05) is 25.5 Å². The van der Waals surface area contributed by atoms with Gasteiger partial charge in [0.15, 0.2) is 5.82 Å². The molecule has 1 aromatic carbocycles. The van der Waals surface area contributed by atoms with Gasteiger partial charge in [-0.3, -0.25) is 9.59 Å². The van der Waals surface area contributed by atoms with Gasteiger partial charge in [0.25, 0.3) is 5.56 Å². The lowest BCUT2D eigenvalue weighted by Gasteiger charge is -2.15. The van der Waals surface area contributed by atoms with Crippen LogP contribution in [0.25, 0.3) is 5.69 Å². The van der Waals surface area contributed by atoms with Gasteiger partial charge in [-0.2, -0.15) is 5.10 Å². The minimum absolute atomic E-state index is 0.111. The van der Waals surface area contributed by atoms with Gasteiger partial charge in [0.1, 0.15) is 19.2 Å². The number of amides is 1. The van der Waals surface area contributed by atoms with Crippen LogP contribution in [-0.4, -0.2) is 61.3 Å². The third kappa shape index (κ3) is 6.17. The lowest BCUT2D eigenvalue weighted by molar-refractivity contribution is -0.121. The minimum Gasteiger partial charge on any atom is -0.365 e. The summed E-state index contributed by atoms with van der Waals surface area (Å²) >= 11 is 6.13. The zero-order valence-corrected chi connectivity index (χ0v) is 19.2. The molecule has 1 aliphatic carbocycles.